The van der Waals surface area contributed by atoms with Gasteiger partial charge in [-0.15, -0.1) is 10.2 Å². The van der Waals surface area contributed by atoms with Crippen molar-refractivity contribution in [3.63, 3.8) is 0 Å². The maximum Gasteiger partial charge on any atom is 0.273 e. The molecule has 0 unspecified atom stereocenters. The van der Waals surface area contributed by atoms with E-state index in [9.17, 15) is 8.42 Å². The molecule has 0 fully saturated rings. The summed E-state index contributed by atoms with van der Waals surface area (Å²) in [5, 5.41) is 12.5. The van der Waals surface area contributed by atoms with Crippen LogP contribution < -0.4 is 5.14 Å². The first-order valence-corrected chi connectivity index (χ1v) is 7.37. The van der Waals surface area contributed by atoms with Gasteiger partial charge in [0.15, 0.2) is 5.82 Å². The lowest BCUT2D eigenvalue weighted by atomic mass is 10.2. The molecule has 0 radical (unpaired) electrons. The Balaban J connectivity index is 2.58. The first-order chi connectivity index (χ1) is 8.93. The van der Waals surface area contributed by atoms with Gasteiger partial charge < -0.3 is 0 Å². The lowest BCUT2D eigenvalue weighted by Gasteiger charge is -2.07. The summed E-state index contributed by atoms with van der Waals surface area (Å²) in [7, 11) is -3.88. The Morgan fingerprint density at radius 2 is 2.05 bits per heavy atom. The van der Waals surface area contributed by atoms with E-state index in [2.05, 4.69) is 15.2 Å². The van der Waals surface area contributed by atoms with E-state index in [0.717, 1.165) is 12.1 Å². The third kappa shape index (κ3) is 2.79. The molecule has 0 aliphatic rings. The van der Waals surface area contributed by atoms with Crippen molar-refractivity contribution in [2.24, 2.45) is 5.14 Å². The number of sulfonamides is 1. The van der Waals surface area contributed by atoms with Crippen molar-refractivity contribution in [2.45, 2.75) is 32.0 Å². The average molecular weight is 281 g/mol. The maximum atomic E-state index is 11.5. The minimum Gasteiger partial charge on any atom is -0.297 e. The van der Waals surface area contributed by atoms with E-state index in [0.29, 0.717) is 17.9 Å². The number of aromatic nitrogens is 4. The fourth-order valence-corrected chi connectivity index (χ4v) is 2.38. The summed E-state index contributed by atoms with van der Waals surface area (Å²) in [5.41, 5.74) is 1.58. The van der Waals surface area contributed by atoms with E-state index in [1.807, 2.05) is 26.0 Å². The molecule has 2 rings (SSSR count). The average Bonchev–Trinajstić information content (AvgIpc) is 2.74. The van der Waals surface area contributed by atoms with Gasteiger partial charge >= 0.3 is 0 Å². The van der Waals surface area contributed by atoms with Crippen molar-refractivity contribution in [3.8, 4) is 11.4 Å². The molecule has 0 aromatic carbocycles. The van der Waals surface area contributed by atoms with Crippen LogP contribution in [0.2, 0.25) is 0 Å². The lowest BCUT2D eigenvalue weighted by molar-refractivity contribution is 0.559. The van der Waals surface area contributed by atoms with E-state index in [-0.39, 0.29) is 5.16 Å². The van der Waals surface area contributed by atoms with Gasteiger partial charge in [-0.05, 0) is 25.5 Å². The van der Waals surface area contributed by atoms with Crippen LogP contribution in [0, 0.1) is 6.92 Å². The Morgan fingerprint density at radius 3 is 2.58 bits per heavy atom. The normalized spacial score (nSPS) is 11.7. The largest absolute Gasteiger partial charge is 0.297 e. The van der Waals surface area contributed by atoms with Crippen LogP contribution in [-0.2, 0) is 16.6 Å². The lowest BCUT2D eigenvalue weighted by Crippen LogP contribution is -2.19. The third-order valence-corrected chi connectivity index (χ3v) is 3.40. The summed E-state index contributed by atoms with van der Waals surface area (Å²) in [5.74, 6) is 0.457. The van der Waals surface area contributed by atoms with Crippen molar-refractivity contribution in [2.75, 3.05) is 0 Å². The van der Waals surface area contributed by atoms with Gasteiger partial charge in [0.1, 0.15) is 0 Å². The highest BCUT2D eigenvalue weighted by molar-refractivity contribution is 7.89. The molecule has 0 saturated heterocycles. The van der Waals surface area contributed by atoms with Crippen LogP contribution in [0.1, 0.15) is 19.0 Å². The molecule has 2 aromatic rings. The second-order valence-corrected chi connectivity index (χ2v) is 5.65. The molecule has 2 N–H and O–H groups in total. The highest BCUT2D eigenvalue weighted by Crippen LogP contribution is 2.19. The van der Waals surface area contributed by atoms with Gasteiger partial charge in [-0.3, -0.25) is 9.55 Å². The zero-order valence-electron chi connectivity index (χ0n) is 10.7. The number of primary sulfonamides is 1. The third-order valence-electron chi connectivity index (χ3n) is 2.59. The molecule has 0 bridgehead atoms. The number of nitrogens with two attached hydrogens (primary N) is 1. The summed E-state index contributed by atoms with van der Waals surface area (Å²) in [6, 6.07) is 3.66. The molecule has 0 saturated carbocycles. The van der Waals surface area contributed by atoms with Crippen molar-refractivity contribution >= 4 is 10.0 Å². The van der Waals surface area contributed by atoms with Crippen molar-refractivity contribution in [1.29, 1.82) is 0 Å². The summed E-state index contributed by atoms with van der Waals surface area (Å²) in [4.78, 5) is 4.17. The van der Waals surface area contributed by atoms with Crippen LogP contribution in [-0.4, -0.2) is 28.2 Å². The Labute approximate surface area is 111 Å². The predicted octanol–water partition coefficient (Wildman–Crippen LogP) is 0.706. The maximum absolute atomic E-state index is 11.5. The number of pyridine rings is 1. The van der Waals surface area contributed by atoms with Crippen LogP contribution in [0.15, 0.2) is 23.5 Å². The van der Waals surface area contributed by atoms with Crippen molar-refractivity contribution < 1.29 is 8.42 Å². The Kier molecular flexibility index (Phi) is 3.63. The minimum atomic E-state index is -3.88. The molecule has 2 heterocycles. The fourth-order valence-electron chi connectivity index (χ4n) is 1.74. The van der Waals surface area contributed by atoms with Gasteiger partial charge in [0.05, 0.1) is 0 Å². The van der Waals surface area contributed by atoms with E-state index >= 15 is 0 Å². The SMILES string of the molecule is CCCn1c(-c2ccc(C)nc2)nnc1S(N)(=O)=O. The summed E-state index contributed by atoms with van der Waals surface area (Å²) >= 11 is 0. The van der Waals surface area contributed by atoms with Crippen molar-refractivity contribution in [1.82, 2.24) is 19.7 Å². The number of rotatable bonds is 4. The molecular formula is C11H15N5O2S. The number of aryl methyl sites for hydroxylation is 1. The molecule has 19 heavy (non-hydrogen) atoms. The van der Waals surface area contributed by atoms with Crippen LogP contribution >= 0.6 is 0 Å². The van der Waals surface area contributed by atoms with E-state index in [1.165, 1.54) is 4.57 Å². The van der Waals surface area contributed by atoms with Crippen LogP contribution in [0.25, 0.3) is 11.4 Å². The quantitative estimate of drug-likeness (QED) is 0.888. The highest BCUT2D eigenvalue weighted by Gasteiger charge is 2.21. The highest BCUT2D eigenvalue weighted by atomic mass is 32.2. The zero-order valence-corrected chi connectivity index (χ0v) is 11.6. The minimum absolute atomic E-state index is 0.218. The molecular weight excluding hydrogens is 266 g/mol. The number of hydrogen-bond donors (Lipinski definition) is 1. The number of nitrogens with zero attached hydrogens (tertiary/aromatic N) is 4. The van der Waals surface area contributed by atoms with Gasteiger partial charge in [0, 0.05) is 24.0 Å². The molecule has 102 valence electrons. The Morgan fingerprint density at radius 1 is 1.32 bits per heavy atom. The molecule has 0 spiro atoms. The van der Waals surface area contributed by atoms with Gasteiger partial charge in [-0.2, -0.15) is 0 Å². The smallest absolute Gasteiger partial charge is 0.273 e. The second kappa shape index (κ2) is 5.06. The first-order valence-electron chi connectivity index (χ1n) is 5.82. The molecule has 0 aliphatic carbocycles. The Hall–Kier alpha value is -1.80. The molecule has 0 amide bonds. The fraction of sp³-hybridized carbons (Fsp3) is 0.364. The first kappa shape index (κ1) is 13.6. The monoisotopic (exact) mass is 281 g/mol. The van der Waals surface area contributed by atoms with Crippen LogP contribution in [0.3, 0.4) is 0 Å². The van der Waals surface area contributed by atoms with Gasteiger partial charge in [-0.1, -0.05) is 6.92 Å². The summed E-state index contributed by atoms with van der Waals surface area (Å²) in [6.45, 7) is 4.28. The van der Waals surface area contributed by atoms with Gasteiger partial charge in [0.25, 0.3) is 15.2 Å². The van der Waals surface area contributed by atoms with Crippen molar-refractivity contribution in [3.05, 3.63) is 24.0 Å². The predicted molar refractivity (Wildman–Crippen MR) is 69.7 cm³/mol. The van der Waals surface area contributed by atoms with Gasteiger partial charge in [-0.25, -0.2) is 13.6 Å². The molecule has 7 nitrogen and oxygen atoms in total. The van der Waals surface area contributed by atoms with E-state index < -0.39 is 10.0 Å². The molecule has 0 atom stereocenters. The van der Waals surface area contributed by atoms with E-state index in [4.69, 9.17) is 5.14 Å². The zero-order chi connectivity index (χ0) is 14.0. The standard InChI is InChI=1S/C11H15N5O2S/c1-3-6-16-10(9-5-4-8(2)13-7-9)14-15-11(16)19(12,17)18/h4-5,7H,3,6H2,1-2H3,(H2,12,17,18). The van der Waals surface area contributed by atoms with Gasteiger partial charge in [0.2, 0.25) is 0 Å². The number of hydrogen-bond acceptors (Lipinski definition) is 5. The molecule has 2 aromatic heterocycles. The van der Waals surface area contributed by atoms with Crippen LogP contribution in [0.5, 0.6) is 0 Å². The topological polar surface area (TPSA) is 104 Å². The molecule has 0 aliphatic heterocycles. The van der Waals surface area contributed by atoms with E-state index in [1.54, 1.807) is 6.20 Å². The summed E-state index contributed by atoms with van der Waals surface area (Å²) < 4.78 is 24.4. The summed E-state index contributed by atoms with van der Waals surface area (Å²) in [6.07, 6.45) is 2.38. The van der Waals surface area contributed by atoms with Crippen LogP contribution in [0.4, 0.5) is 0 Å². The Bertz CT molecular complexity index is 676. The second-order valence-electron chi connectivity index (χ2n) is 4.19. The molecule has 8 heteroatoms.